The van der Waals surface area contributed by atoms with Gasteiger partial charge in [-0.15, -0.1) is 0 Å². The zero-order valence-corrected chi connectivity index (χ0v) is 24.2. The number of alkyl halides is 6. The molecular formula is C22H20F6N4O10S2. The minimum Gasteiger partial charge on any atom is -0.497 e. The highest BCUT2D eigenvalue weighted by molar-refractivity contribution is 7.95. The third-order valence-corrected chi connectivity index (χ3v) is 7.94. The second kappa shape index (κ2) is 12.6. The fourth-order valence-corrected chi connectivity index (χ4v) is 5.14. The number of amides is 4. The van der Waals surface area contributed by atoms with Crippen molar-refractivity contribution in [2.75, 3.05) is 33.5 Å². The number of ether oxygens (including phenoxy) is 2. The smallest absolute Gasteiger partial charge is 0.497 e. The van der Waals surface area contributed by atoms with Gasteiger partial charge in [0.25, 0.3) is 0 Å². The molecule has 0 aliphatic rings. The number of carbonyl (C=O) groups excluding carboxylic acids is 4. The summed E-state index contributed by atoms with van der Waals surface area (Å²) >= 11 is 0. The van der Waals surface area contributed by atoms with Gasteiger partial charge in [0, 0.05) is 26.0 Å². The number of anilines is 4. The van der Waals surface area contributed by atoms with Crippen molar-refractivity contribution in [3.8, 4) is 11.5 Å². The van der Waals surface area contributed by atoms with Crippen LogP contribution in [0.2, 0.25) is 0 Å². The maximum Gasteiger partial charge on any atom is 0.517 e. The predicted molar refractivity (Wildman–Crippen MR) is 140 cm³/mol. The lowest BCUT2D eigenvalue weighted by Crippen LogP contribution is -2.55. The Morgan fingerprint density at radius 2 is 0.932 bits per heavy atom. The predicted octanol–water partition coefficient (Wildman–Crippen LogP) is 2.69. The van der Waals surface area contributed by atoms with E-state index < -0.39 is 86.1 Å². The van der Waals surface area contributed by atoms with E-state index in [0.717, 1.165) is 40.2 Å². The Labute approximate surface area is 244 Å². The van der Waals surface area contributed by atoms with E-state index in [-0.39, 0.29) is 11.5 Å². The van der Waals surface area contributed by atoms with Crippen LogP contribution in [0.4, 0.5) is 49.1 Å². The lowest BCUT2D eigenvalue weighted by atomic mass is 10.2. The minimum absolute atomic E-state index is 0.250. The lowest BCUT2D eigenvalue weighted by molar-refractivity contribution is -0.135. The molecule has 4 amide bonds. The fraction of sp³-hybridized carbons (Fsp3) is 0.273. The molecular weight excluding hydrogens is 658 g/mol. The summed E-state index contributed by atoms with van der Waals surface area (Å²) in [6, 6.07) is 3.71. The first kappa shape index (κ1) is 35.6. The topological polar surface area (TPSA) is 186 Å². The Kier molecular flexibility index (Phi) is 10.2. The number of sulfonamides is 2. The first-order valence-electron chi connectivity index (χ1n) is 11.2. The van der Waals surface area contributed by atoms with Crippen LogP contribution >= 0.6 is 0 Å². The zero-order valence-electron chi connectivity index (χ0n) is 22.5. The number of halogens is 6. The number of benzene rings is 2. The van der Waals surface area contributed by atoms with Crippen molar-refractivity contribution in [2.24, 2.45) is 0 Å². The molecule has 0 saturated carbocycles. The van der Waals surface area contributed by atoms with Gasteiger partial charge in [-0.2, -0.15) is 51.8 Å². The van der Waals surface area contributed by atoms with Gasteiger partial charge in [0.05, 0.1) is 37.0 Å². The van der Waals surface area contributed by atoms with Crippen molar-refractivity contribution < 1.29 is 71.8 Å². The summed E-state index contributed by atoms with van der Waals surface area (Å²) in [5.41, 5.74) is -17.6. The Morgan fingerprint density at radius 1 is 0.636 bits per heavy atom. The number of carbonyl (C=O) groups is 4. The van der Waals surface area contributed by atoms with Crippen LogP contribution in [0.3, 0.4) is 0 Å². The first-order chi connectivity index (χ1) is 20.0. The summed E-state index contributed by atoms with van der Waals surface area (Å²) in [4.78, 5) is 50.1. The molecule has 0 aliphatic carbocycles. The van der Waals surface area contributed by atoms with Crippen LogP contribution in [0.5, 0.6) is 11.5 Å². The van der Waals surface area contributed by atoms with E-state index in [1.54, 1.807) is 0 Å². The maximum atomic E-state index is 13.8. The van der Waals surface area contributed by atoms with Gasteiger partial charge < -0.3 is 20.1 Å². The monoisotopic (exact) mass is 678 g/mol. The Bertz CT molecular complexity index is 1580. The third kappa shape index (κ3) is 7.12. The minimum atomic E-state index is -7.07. The van der Waals surface area contributed by atoms with Gasteiger partial charge in [-0.1, -0.05) is 0 Å². The highest BCUT2D eigenvalue weighted by Gasteiger charge is 2.58. The molecule has 0 bridgehead atoms. The van der Waals surface area contributed by atoms with E-state index in [1.807, 2.05) is 10.6 Å². The third-order valence-electron chi connectivity index (χ3n) is 5.08. The highest BCUT2D eigenvalue weighted by Crippen LogP contribution is 2.40. The molecule has 2 aromatic carbocycles. The van der Waals surface area contributed by atoms with Crippen molar-refractivity contribution in [3.05, 3.63) is 36.4 Å². The summed E-state index contributed by atoms with van der Waals surface area (Å²) < 4.78 is 140. The largest absolute Gasteiger partial charge is 0.517 e. The fourth-order valence-electron chi connectivity index (χ4n) is 3.29. The average molecular weight is 679 g/mol. The van der Waals surface area contributed by atoms with Gasteiger partial charge in [-0.25, -0.2) is 0 Å². The Hall–Kier alpha value is -4.60. The molecule has 2 N–H and O–H groups in total. The molecule has 242 valence electrons. The van der Waals surface area contributed by atoms with Crippen molar-refractivity contribution in [1.29, 1.82) is 0 Å². The number of rotatable bonds is 8. The molecule has 0 spiro atoms. The highest BCUT2D eigenvalue weighted by atomic mass is 32.2. The molecule has 44 heavy (non-hydrogen) atoms. The molecule has 0 heterocycles. The van der Waals surface area contributed by atoms with Gasteiger partial charge in [-0.05, 0) is 24.3 Å². The standard InChI is InChI=1S/C22H20F6N4O10S2/c1-11(33)29-15-9-13(41-3)5-7-17(15)31(43(37,38)21(23,24)25)19(35)20(36)32(44(39,40)22(26,27)28)18-8-6-14(42-4)10-16(18)30-12(2)34/h5-10H,1-4H3,(H,29,33)(H,30,34). The molecule has 0 saturated heterocycles. The Morgan fingerprint density at radius 3 is 1.16 bits per heavy atom. The van der Waals surface area contributed by atoms with E-state index in [1.165, 1.54) is 0 Å². The number of nitrogens with zero attached hydrogens (tertiary/aromatic N) is 2. The van der Waals surface area contributed by atoms with Crippen molar-refractivity contribution in [3.63, 3.8) is 0 Å². The number of hydrogen-bond donors (Lipinski definition) is 2. The maximum absolute atomic E-state index is 13.8. The molecule has 14 nitrogen and oxygen atoms in total. The van der Waals surface area contributed by atoms with Crippen LogP contribution in [0, 0.1) is 0 Å². The molecule has 22 heteroatoms. The van der Waals surface area contributed by atoms with Crippen molar-refractivity contribution in [2.45, 2.75) is 24.9 Å². The van der Waals surface area contributed by atoms with E-state index in [2.05, 4.69) is 0 Å². The zero-order chi connectivity index (χ0) is 34.0. The van der Waals surface area contributed by atoms with E-state index >= 15 is 0 Å². The van der Waals surface area contributed by atoms with Crippen molar-refractivity contribution >= 4 is 66.4 Å². The van der Waals surface area contributed by atoms with Crippen LogP contribution in [0.15, 0.2) is 36.4 Å². The van der Waals surface area contributed by atoms with Gasteiger partial charge in [-0.3, -0.25) is 19.2 Å². The molecule has 0 radical (unpaired) electrons. The van der Waals surface area contributed by atoms with Crippen LogP contribution < -0.4 is 28.7 Å². The lowest BCUT2D eigenvalue weighted by Gasteiger charge is -2.29. The van der Waals surface area contributed by atoms with Crippen molar-refractivity contribution in [1.82, 2.24) is 0 Å². The molecule has 0 fully saturated rings. The number of methoxy groups -OCH3 is 2. The molecule has 0 atom stereocenters. The van der Waals surface area contributed by atoms with Gasteiger partial charge >= 0.3 is 42.9 Å². The van der Waals surface area contributed by atoms with Crippen LogP contribution in [-0.2, 0) is 39.2 Å². The van der Waals surface area contributed by atoms with Gasteiger partial charge in [0.15, 0.2) is 0 Å². The van der Waals surface area contributed by atoms with Gasteiger partial charge in [0.2, 0.25) is 11.8 Å². The molecule has 2 aromatic rings. The van der Waals surface area contributed by atoms with E-state index in [0.29, 0.717) is 24.3 Å². The van der Waals surface area contributed by atoms with Crippen LogP contribution in [-0.4, -0.2) is 65.7 Å². The average Bonchev–Trinajstić information content (AvgIpc) is 2.88. The normalized spacial score (nSPS) is 12.1. The second-order valence-electron chi connectivity index (χ2n) is 8.17. The van der Waals surface area contributed by atoms with Crippen LogP contribution in [0.1, 0.15) is 13.8 Å². The summed E-state index contributed by atoms with van der Waals surface area (Å²) in [6.07, 6.45) is 0. The second-order valence-corrected chi connectivity index (χ2v) is 11.7. The summed E-state index contributed by atoms with van der Waals surface area (Å²) in [5.74, 6) is -8.64. The van der Waals surface area contributed by atoms with Gasteiger partial charge in [0.1, 0.15) is 11.5 Å². The molecule has 0 aromatic heterocycles. The molecule has 2 rings (SSSR count). The Balaban J connectivity index is 3.03. The summed E-state index contributed by atoms with van der Waals surface area (Å²) in [5, 5.41) is 3.75. The molecule has 0 aliphatic heterocycles. The van der Waals surface area contributed by atoms with E-state index in [4.69, 9.17) is 9.47 Å². The summed E-state index contributed by atoms with van der Waals surface area (Å²) in [6.45, 7) is 1.59. The number of hydrogen-bond acceptors (Lipinski definition) is 10. The summed E-state index contributed by atoms with van der Waals surface area (Å²) in [7, 11) is -12.1. The van der Waals surface area contributed by atoms with Crippen LogP contribution in [0.25, 0.3) is 0 Å². The first-order valence-corrected chi connectivity index (χ1v) is 14.1. The molecule has 0 unspecified atom stereocenters. The van der Waals surface area contributed by atoms with E-state index in [9.17, 15) is 62.4 Å². The SMILES string of the molecule is COc1ccc(N(C(=O)C(=O)N(c2ccc(OC)cc2NC(C)=O)S(=O)(=O)C(F)(F)F)S(=O)(=O)C(F)(F)F)c(NC(C)=O)c1. The quantitative estimate of drug-likeness (QED) is 0.311. The number of nitrogens with one attached hydrogen (secondary N) is 2.